The molecule has 196 valence electrons. The number of nitrogens with zero attached hydrogens (tertiary/aromatic N) is 1. The van der Waals surface area contributed by atoms with Crippen LogP contribution in [-0.4, -0.2) is 0 Å². The van der Waals surface area contributed by atoms with Gasteiger partial charge in [0.05, 0.1) is 0 Å². The molecule has 5 aromatic rings. The standard InChI is InChI=1S/C37H37NO/c1-2-6-26(7-3-1)27-12-16-30(17-13-27)38(31-18-14-28(15-19-31)34-23-25-10-11-29(34)22-25)32-20-21-37-35(24-32)33-8-4-5-9-36(33)39-37/h4-5,8-9,12-21,24-26,29,34H,1-3,6-7,10-11,22-23H2. The van der Waals surface area contributed by atoms with Crippen molar-refractivity contribution in [3.63, 3.8) is 0 Å². The van der Waals surface area contributed by atoms with Gasteiger partial charge in [0, 0.05) is 27.8 Å². The molecule has 3 aliphatic carbocycles. The molecular weight excluding hydrogens is 474 g/mol. The van der Waals surface area contributed by atoms with Gasteiger partial charge in [0.15, 0.2) is 0 Å². The third-order valence-electron chi connectivity index (χ3n) is 10.2. The van der Waals surface area contributed by atoms with E-state index in [1.54, 1.807) is 0 Å². The topological polar surface area (TPSA) is 16.4 Å². The zero-order valence-corrected chi connectivity index (χ0v) is 22.7. The number of para-hydroxylation sites is 1. The van der Waals surface area contributed by atoms with Crippen molar-refractivity contribution in [1.82, 2.24) is 0 Å². The minimum absolute atomic E-state index is 0.718. The van der Waals surface area contributed by atoms with Crippen LogP contribution in [0.3, 0.4) is 0 Å². The van der Waals surface area contributed by atoms with E-state index < -0.39 is 0 Å². The summed E-state index contributed by atoms with van der Waals surface area (Å²) < 4.78 is 6.16. The molecule has 0 saturated heterocycles. The summed E-state index contributed by atoms with van der Waals surface area (Å²) in [6.45, 7) is 0. The Balaban J connectivity index is 1.19. The van der Waals surface area contributed by atoms with Gasteiger partial charge in [0.2, 0.25) is 0 Å². The molecule has 3 saturated carbocycles. The van der Waals surface area contributed by atoms with Crippen LogP contribution in [0.2, 0.25) is 0 Å². The normalized spacial score (nSPS) is 23.1. The Morgan fingerprint density at radius 1 is 0.564 bits per heavy atom. The van der Waals surface area contributed by atoms with Gasteiger partial charge in [-0.2, -0.15) is 0 Å². The Morgan fingerprint density at radius 2 is 1.26 bits per heavy atom. The monoisotopic (exact) mass is 511 g/mol. The van der Waals surface area contributed by atoms with Crippen LogP contribution in [0.4, 0.5) is 17.1 Å². The molecule has 8 rings (SSSR count). The van der Waals surface area contributed by atoms with Crippen molar-refractivity contribution >= 4 is 39.0 Å². The third kappa shape index (κ3) is 4.16. The predicted octanol–water partition coefficient (Wildman–Crippen LogP) is 11.0. The first-order valence-electron chi connectivity index (χ1n) is 15.2. The van der Waals surface area contributed by atoms with Crippen LogP contribution in [0.1, 0.15) is 80.8 Å². The highest BCUT2D eigenvalue weighted by atomic mass is 16.3. The molecule has 2 nitrogen and oxygen atoms in total. The number of furan rings is 1. The molecule has 0 spiro atoms. The maximum atomic E-state index is 6.16. The predicted molar refractivity (Wildman–Crippen MR) is 162 cm³/mol. The van der Waals surface area contributed by atoms with Crippen LogP contribution in [-0.2, 0) is 0 Å². The van der Waals surface area contributed by atoms with Crippen molar-refractivity contribution in [2.45, 2.75) is 69.6 Å². The molecule has 39 heavy (non-hydrogen) atoms. The molecule has 1 heterocycles. The third-order valence-corrected chi connectivity index (χ3v) is 10.2. The van der Waals surface area contributed by atoms with Crippen LogP contribution in [0.15, 0.2) is 95.4 Å². The average Bonchev–Trinajstić information content (AvgIpc) is 3.73. The Labute approximate surface area is 231 Å². The summed E-state index contributed by atoms with van der Waals surface area (Å²) in [5, 5.41) is 2.35. The summed E-state index contributed by atoms with van der Waals surface area (Å²) >= 11 is 0. The summed E-state index contributed by atoms with van der Waals surface area (Å²) in [5.74, 6) is 3.35. The minimum atomic E-state index is 0.718. The van der Waals surface area contributed by atoms with E-state index in [-0.39, 0.29) is 0 Å². The lowest BCUT2D eigenvalue weighted by molar-refractivity contribution is 0.420. The van der Waals surface area contributed by atoms with Crippen LogP contribution in [0, 0.1) is 11.8 Å². The van der Waals surface area contributed by atoms with Gasteiger partial charge < -0.3 is 9.32 Å². The van der Waals surface area contributed by atoms with E-state index in [1.165, 1.54) is 96.7 Å². The van der Waals surface area contributed by atoms with Crippen LogP contribution in [0.5, 0.6) is 0 Å². The van der Waals surface area contributed by atoms with Crippen molar-refractivity contribution in [3.8, 4) is 0 Å². The Kier molecular flexibility index (Phi) is 5.75. The van der Waals surface area contributed by atoms with Gasteiger partial charge in [-0.1, -0.05) is 68.1 Å². The first-order chi connectivity index (χ1) is 19.3. The fourth-order valence-corrected chi connectivity index (χ4v) is 8.16. The molecule has 0 aliphatic heterocycles. The van der Waals surface area contributed by atoms with Gasteiger partial charge >= 0.3 is 0 Å². The lowest BCUT2D eigenvalue weighted by Gasteiger charge is -2.28. The highest BCUT2D eigenvalue weighted by Gasteiger charge is 2.40. The molecule has 3 unspecified atom stereocenters. The highest BCUT2D eigenvalue weighted by molar-refractivity contribution is 6.06. The SMILES string of the molecule is c1ccc2c(c1)oc1ccc(N(c3ccc(C4CCCCC4)cc3)c3ccc(C4CC5CCC4C5)cc3)cc12. The van der Waals surface area contributed by atoms with Gasteiger partial charge in [0.25, 0.3) is 0 Å². The molecule has 0 radical (unpaired) electrons. The fraction of sp³-hybridized carbons (Fsp3) is 0.351. The zero-order valence-electron chi connectivity index (χ0n) is 22.7. The number of benzene rings is 4. The smallest absolute Gasteiger partial charge is 0.135 e. The van der Waals surface area contributed by atoms with Crippen molar-refractivity contribution in [1.29, 1.82) is 0 Å². The summed E-state index contributed by atoms with van der Waals surface area (Å²) in [4.78, 5) is 2.43. The first kappa shape index (κ1) is 23.4. The van der Waals surface area contributed by atoms with Gasteiger partial charge in [0.1, 0.15) is 11.2 Å². The van der Waals surface area contributed by atoms with Gasteiger partial charge in [-0.05, 0) is 115 Å². The second-order valence-corrected chi connectivity index (χ2v) is 12.4. The summed E-state index contributed by atoms with van der Waals surface area (Å²) in [7, 11) is 0. The van der Waals surface area contributed by atoms with E-state index in [9.17, 15) is 0 Å². The number of rotatable bonds is 5. The van der Waals surface area contributed by atoms with E-state index in [1.807, 2.05) is 6.07 Å². The van der Waals surface area contributed by atoms with Gasteiger partial charge in [-0.25, -0.2) is 0 Å². The zero-order chi connectivity index (χ0) is 25.8. The number of anilines is 3. The summed E-state index contributed by atoms with van der Waals surface area (Å²) in [6.07, 6.45) is 12.5. The lowest BCUT2D eigenvalue weighted by Crippen LogP contribution is -2.12. The van der Waals surface area contributed by atoms with Crippen molar-refractivity contribution in [3.05, 3.63) is 102 Å². The van der Waals surface area contributed by atoms with Crippen molar-refractivity contribution < 1.29 is 4.42 Å². The maximum absolute atomic E-state index is 6.16. The Bertz CT molecular complexity index is 1610. The Hall–Kier alpha value is -3.52. The van der Waals surface area contributed by atoms with Gasteiger partial charge in [-0.15, -0.1) is 0 Å². The maximum Gasteiger partial charge on any atom is 0.135 e. The van der Waals surface area contributed by atoms with Crippen LogP contribution < -0.4 is 4.90 Å². The fourth-order valence-electron chi connectivity index (χ4n) is 8.16. The Morgan fingerprint density at radius 3 is 1.97 bits per heavy atom. The lowest BCUT2D eigenvalue weighted by atomic mass is 9.83. The number of hydrogen-bond acceptors (Lipinski definition) is 2. The molecule has 0 amide bonds. The first-order valence-corrected chi connectivity index (χ1v) is 15.2. The van der Waals surface area contributed by atoms with E-state index in [0.717, 1.165) is 34.8 Å². The van der Waals surface area contributed by atoms with E-state index in [4.69, 9.17) is 4.42 Å². The van der Waals surface area contributed by atoms with Crippen LogP contribution >= 0.6 is 0 Å². The quantitative estimate of drug-likeness (QED) is 0.233. The molecule has 3 aliphatic rings. The molecule has 3 fully saturated rings. The molecule has 2 bridgehead atoms. The van der Waals surface area contributed by atoms with E-state index >= 15 is 0 Å². The number of fused-ring (bicyclic) bond motifs is 5. The molecule has 2 heteroatoms. The van der Waals surface area contributed by atoms with E-state index in [0.29, 0.717) is 0 Å². The summed E-state index contributed by atoms with van der Waals surface area (Å²) in [5.41, 5.74) is 8.54. The number of hydrogen-bond donors (Lipinski definition) is 0. The van der Waals surface area contributed by atoms with Crippen molar-refractivity contribution in [2.75, 3.05) is 4.90 Å². The van der Waals surface area contributed by atoms with Gasteiger partial charge in [-0.3, -0.25) is 0 Å². The van der Waals surface area contributed by atoms with Crippen molar-refractivity contribution in [2.24, 2.45) is 11.8 Å². The molecular formula is C37H37NO. The van der Waals surface area contributed by atoms with Crippen LogP contribution in [0.25, 0.3) is 21.9 Å². The van der Waals surface area contributed by atoms with E-state index in [2.05, 4.69) is 89.8 Å². The second-order valence-electron chi connectivity index (χ2n) is 12.4. The molecule has 0 N–H and O–H groups in total. The highest BCUT2D eigenvalue weighted by Crippen LogP contribution is 2.53. The molecule has 3 atom stereocenters. The second kappa shape index (κ2) is 9.59. The molecule has 1 aromatic heterocycles. The minimum Gasteiger partial charge on any atom is -0.456 e. The largest absolute Gasteiger partial charge is 0.456 e. The average molecular weight is 512 g/mol. The molecule has 4 aromatic carbocycles. The summed E-state index contributed by atoms with van der Waals surface area (Å²) in [6, 6.07) is 34.0.